The van der Waals surface area contributed by atoms with Crippen LogP contribution in [0.5, 0.6) is 0 Å². The van der Waals surface area contributed by atoms with Crippen LogP contribution in [0.2, 0.25) is 0 Å². The van der Waals surface area contributed by atoms with Crippen LogP contribution < -0.4 is 5.32 Å². The van der Waals surface area contributed by atoms with Crippen LogP contribution >= 0.6 is 27.7 Å². The number of carbonyl (C=O) groups excluding carboxylic acids is 1. The van der Waals surface area contributed by atoms with E-state index >= 15 is 0 Å². The van der Waals surface area contributed by atoms with Crippen molar-refractivity contribution in [3.8, 4) is 0 Å². The van der Waals surface area contributed by atoms with Crippen molar-refractivity contribution in [3.05, 3.63) is 69.5 Å². The topological polar surface area (TPSA) is 44.7 Å². The summed E-state index contributed by atoms with van der Waals surface area (Å²) in [5.41, 5.74) is 3.71. The molecular formula is C18H14BrN3OS. The summed E-state index contributed by atoms with van der Waals surface area (Å²) < 4.78 is 0.785. The number of fused-ring (bicyclic) bond motifs is 1. The smallest absolute Gasteiger partial charge is 0.256 e. The van der Waals surface area contributed by atoms with Crippen LogP contribution in [0, 0.1) is 0 Å². The second-order valence-corrected chi connectivity index (χ2v) is 7.14. The molecule has 0 saturated carbocycles. The average molecular weight is 400 g/mol. The second-order valence-electron chi connectivity index (χ2n) is 5.45. The van der Waals surface area contributed by atoms with Crippen LogP contribution in [-0.4, -0.2) is 29.1 Å². The number of hydrogen-bond donors (Lipinski definition) is 1. The summed E-state index contributed by atoms with van der Waals surface area (Å²) in [6, 6.07) is 15.3. The highest BCUT2D eigenvalue weighted by molar-refractivity contribution is 9.10. The maximum atomic E-state index is 12.3. The molecule has 1 N–H and O–H groups in total. The number of nitrogens with zero attached hydrogens (tertiary/aromatic N) is 2. The van der Waals surface area contributed by atoms with E-state index in [4.69, 9.17) is 0 Å². The third kappa shape index (κ3) is 2.87. The van der Waals surface area contributed by atoms with Crippen LogP contribution in [0.15, 0.2) is 63.4 Å². The molecule has 4 nitrogen and oxygen atoms in total. The molecule has 120 valence electrons. The molecule has 0 spiro atoms. The van der Waals surface area contributed by atoms with Gasteiger partial charge in [-0.25, -0.2) is 0 Å². The van der Waals surface area contributed by atoms with E-state index in [0.29, 0.717) is 5.56 Å². The van der Waals surface area contributed by atoms with Crippen molar-refractivity contribution in [1.29, 1.82) is 0 Å². The van der Waals surface area contributed by atoms with E-state index in [2.05, 4.69) is 36.5 Å². The summed E-state index contributed by atoms with van der Waals surface area (Å²) in [6.07, 6.45) is 0. The summed E-state index contributed by atoms with van der Waals surface area (Å²) in [5, 5.41) is 6.14. The monoisotopic (exact) mass is 399 g/mol. The van der Waals surface area contributed by atoms with E-state index in [-0.39, 0.29) is 5.91 Å². The quantitative estimate of drug-likeness (QED) is 0.830. The molecule has 4 rings (SSSR count). The van der Waals surface area contributed by atoms with Crippen molar-refractivity contribution in [2.45, 2.75) is 0 Å². The molecule has 0 aliphatic carbocycles. The molecule has 2 aliphatic rings. The van der Waals surface area contributed by atoms with E-state index in [0.717, 1.165) is 34.0 Å². The first-order chi connectivity index (χ1) is 11.7. The van der Waals surface area contributed by atoms with Crippen LogP contribution in [0.3, 0.4) is 0 Å². The molecule has 0 atom stereocenters. The van der Waals surface area contributed by atoms with Gasteiger partial charge in [-0.05, 0) is 45.8 Å². The fourth-order valence-electron chi connectivity index (χ4n) is 2.72. The highest BCUT2D eigenvalue weighted by Gasteiger charge is 2.26. The Morgan fingerprint density at radius 1 is 1.17 bits per heavy atom. The van der Waals surface area contributed by atoms with Gasteiger partial charge in [-0.3, -0.25) is 9.79 Å². The van der Waals surface area contributed by atoms with Crippen LogP contribution in [0.25, 0.3) is 5.70 Å². The number of carbonyl (C=O) groups is 1. The Bertz CT molecular complexity index is 861. The number of thioether (sulfide) groups is 1. The van der Waals surface area contributed by atoms with Crippen LogP contribution in [0.4, 0.5) is 5.69 Å². The molecule has 0 unspecified atom stereocenters. The van der Waals surface area contributed by atoms with E-state index in [9.17, 15) is 4.79 Å². The Kier molecular flexibility index (Phi) is 4.16. The molecule has 0 aromatic heterocycles. The number of amidine groups is 1. The molecule has 0 fully saturated rings. The van der Waals surface area contributed by atoms with Gasteiger partial charge >= 0.3 is 0 Å². The van der Waals surface area contributed by atoms with E-state index in [1.165, 1.54) is 5.70 Å². The normalized spacial score (nSPS) is 15.8. The lowest BCUT2D eigenvalue weighted by Crippen LogP contribution is -2.19. The van der Waals surface area contributed by atoms with Gasteiger partial charge in [0.2, 0.25) is 0 Å². The first kappa shape index (κ1) is 15.5. The molecule has 24 heavy (non-hydrogen) atoms. The number of nitrogens with one attached hydrogen (secondary N) is 1. The Morgan fingerprint density at radius 3 is 2.75 bits per heavy atom. The SMILES string of the molecule is O=C(Nc1ccc(C2=CSC3=NCCN23)cc1)c1ccccc1Br. The van der Waals surface area contributed by atoms with Crippen molar-refractivity contribution in [3.63, 3.8) is 0 Å². The Morgan fingerprint density at radius 2 is 1.96 bits per heavy atom. The molecule has 0 radical (unpaired) electrons. The maximum absolute atomic E-state index is 12.3. The summed E-state index contributed by atoms with van der Waals surface area (Å²) in [4.78, 5) is 19.0. The highest BCUT2D eigenvalue weighted by Crippen LogP contribution is 2.35. The predicted octanol–water partition coefficient (Wildman–Crippen LogP) is 4.42. The molecule has 2 aromatic rings. The maximum Gasteiger partial charge on any atom is 0.256 e. The van der Waals surface area contributed by atoms with E-state index in [1.807, 2.05) is 42.5 Å². The number of aliphatic imine (C=N–C) groups is 1. The molecule has 1 amide bonds. The minimum atomic E-state index is -0.125. The van der Waals surface area contributed by atoms with Gasteiger partial charge in [0.05, 0.1) is 17.8 Å². The lowest BCUT2D eigenvalue weighted by Gasteiger charge is -2.17. The van der Waals surface area contributed by atoms with Gasteiger partial charge < -0.3 is 10.2 Å². The molecule has 2 aromatic carbocycles. The van der Waals surface area contributed by atoms with Gasteiger partial charge in [0.1, 0.15) is 0 Å². The second kappa shape index (κ2) is 6.45. The Hall–Kier alpha value is -2.05. The first-order valence-electron chi connectivity index (χ1n) is 7.57. The number of hydrogen-bond acceptors (Lipinski definition) is 4. The third-order valence-electron chi connectivity index (χ3n) is 3.93. The minimum Gasteiger partial charge on any atom is -0.322 e. The summed E-state index contributed by atoms with van der Waals surface area (Å²) >= 11 is 5.07. The number of benzene rings is 2. The number of anilines is 1. The lowest BCUT2D eigenvalue weighted by atomic mass is 10.1. The zero-order chi connectivity index (χ0) is 16.5. The van der Waals surface area contributed by atoms with Gasteiger partial charge in [-0.1, -0.05) is 36.0 Å². The molecule has 2 aliphatic heterocycles. The minimum absolute atomic E-state index is 0.125. The van der Waals surface area contributed by atoms with Gasteiger partial charge in [0.25, 0.3) is 5.91 Å². The first-order valence-corrected chi connectivity index (χ1v) is 9.25. The average Bonchev–Trinajstić information content (AvgIpc) is 3.19. The van der Waals surface area contributed by atoms with Gasteiger partial charge in [-0.2, -0.15) is 0 Å². The summed E-state index contributed by atoms with van der Waals surface area (Å²) in [7, 11) is 0. The number of halogens is 1. The lowest BCUT2D eigenvalue weighted by molar-refractivity contribution is 0.102. The molecule has 6 heteroatoms. The summed E-state index contributed by atoms with van der Waals surface area (Å²) in [5.74, 6) is -0.125. The Labute approximate surface area is 152 Å². The van der Waals surface area contributed by atoms with E-state index < -0.39 is 0 Å². The number of amides is 1. The van der Waals surface area contributed by atoms with Gasteiger partial charge in [-0.15, -0.1) is 0 Å². The predicted molar refractivity (Wildman–Crippen MR) is 103 cm³/mol. The molecular weight excluding hydrogens is 386 g/mol. The van der Waals surface area contributed by atoms with Crippen LogP contribution in [-0.2, 0) is 0 Å². The fourth-order valence-corrected chi connectivity index (χ4v) is 4.14. The molecule has 0 saturated heterocycles. The van der Waals surface area contributed by atoms with Crippen molar-refractivity contribution < 1.29 is 4.79 Å². The van der Waals surface area contributed by atoms with Gasteiger partial charge in [0, 0.05) is 22.1 Å². The van der Waals surface area contributed by atoms with Gasteiger partial charge in [0.15, 0.2) is 5.17 Å². The largest absolute Gasteiger partial charge is 0.322 e. The third-order valence-corrected chi connectivity index (χ3v) is 5.52. The summed E-state index contributed by atoms with van der Waals surface area (Å²) in [6.45, 7) is 1.80. The van der Waals surface area contributed by atoms with Crippen molar-refractivity contribution in [2.24, 2.45) is 4.99 Å². The number of rotatable bonds is 3. The fraction of sp³-hybridized carbons (Fsp3) is 0.111. The molecule has 0 bridgehead atoms. The molecule has 2 heterocycles. The zero-order valence-corrected chi connectivity index (χ0v) is 15.1. The van der Waals surface area contributed by atoms with E-state index in [1.54, 1.807) is 17.8 Å². The van der Waals surface area contributed by atoms with Crippen molar-refractivity contribution in [1.82, 2.24) is 4.90 Å². The van der Waals surface area contributed by atoms with Crippen molar-refractivity contribution in [2.75, 3.05) is 18.4 Å². The zero-order valence-electron chi connectivity index (χ0n) is 12.7. The standard InChI is InChI=1S/C18H14BrN3OS/c19-15-4-2-1-3-14(15)17(23)21-13-7-5-12(6-8-13)16-11-24-18-20-9-10-22(16)18/h1-8,11H,9-10H2,(H,21,23). The van der Waals surface area contributed by atoms with Crippen LogP contribution in [0.1, 0.15) is 15.9 Å². The van der Waals surface area contributed by atoms with Crippen molar-refractivity contribution >= 4 is 50.2 Å². The Balaban J connectivity index is 1.50. The highest BCUT2D eigenvalue weighted by atomic mass is 79.9.